The Labute approximate surface area is 155 Å². The summed E-state index contributed by atoms with van der Waals surface area (Å²) in [6, 6.07) is 4.58. The first-order chi connectivity index (χ1) is 11.8. The Hall–Kier alpha value is -2.31. The highest BCUT2D eigenvalue weighted by molar-refractivity contribution is 6.35. The number of rotatable bonds is 5. The number of halogens is 2. The Morgan fingerprint density at radius 1 is 1.32 bits per heavy atom. The minimum Gasteiger partial charge on any atom is -0.462 e. The average molecular weight is 382 g/mol. The molecule has 1 aromatic heterocycles. The molecule has 0 atom stereocenters. The molecule has 1 amide bonds. The number of esters is 1. The maximum atomic E-state index is 12.1. The molecule has 0 saturated heterocycles. The summed E-state index contributed by atoms with van der Waals surface area (Å²) in [7, 11) is 0. The number of hydrogen-bond donors (Lipinski definition) is 2. The Morgan fingerprint density at radius 3 is 2.72 bits per heavy atom. The number of nitrogens with one attached hydrogen (secondary N) is 2. The van der Waals surface area contributed by atoms with Crippen LogP contribution in [0, 0.1) is 13.8 Å². The molecule has 1 aromatic carbocycles. The molecule has 0 aliphatic rings. The summed E-state index contributed by atoms with van der Waals surface area (Å²) in [6.45, 7) is 5.57. The van der Waals surface area contributed by atoms with Gasteiger partial charge < -0.3 is 9.72 Å². The van der Waals surface area contributed by atoms with Gasteiger partial charge in [0.05, 0.1) is 34.7 Å². The van der Waals surface area contributed by atoms with Crippen LogP contribution in [-0.2, 0) is 4.74 Å². The molecule has 132 valence electrons. The molecule has 25 heavy (non-hydrogen) atoms. The smallest absolute Gasteiger partial charge is 0.340 e. The molecule has 0 unspecified atom stereocenters. The topological polar surface area (TPSA) is 83.6 Å². The first-order valence-corrected chi connectivity index (χ1v) is 8.25. The van der Waals surface area contributed by atoms with Crippen LogP contribution in [0.4, 0.5) is 0 Å². The molecular weight excluding hydrogens is 365 g/mol. The largest absolute Gasteiger partial charge is 0.462 e. The highest BCUT2D eigenvalue weighted by atomic mass is 35.5. The lowest BCUT2D eigenvalue weighted by Gasteiger charge is -2.03. The zero-order valence-electron chi connectivity index (χ0n) is 13.9. The highest BCUT2D eigenvalue weighted by Gasteiger charge is 2.18. The third kappa shape index (κ3) is 4.41. The molecule has 0 saturated carbocycles. The van der Waals surface area contributed by atoms with E-state index in [2.05, 4.69) is 15.5 Å². The summed E-state index contributed by atoms with van der Waals surface area (Å²) in [5, 5.41) is 4.57. The summed E-state index contributed by atoms with van der Waals surface area (Å²) in [5.74, 6) is -0.890. The van der Waals surface area contributed by atoms with E-state index in [1.165, 1.54) is 18.3 Å². The Bertz CT molecular complexity index is 844. The van der Waals surface area contributed by atoms with Crippen molar-refractivity contribution in [2.75, 3.05) is 6.61 Å². The number of carbonyl (C=O) groups excluding carboxylic acids is 2. The fraction of sp³-hybridized carbons (Fsp3) is 0.235. The van der Waals surface area contributed by atoms with E-state index in [1.807, 2.05) is 0 Å². The molecule has 0 aliphatic heterocycles. The zero-order chi connectivity index (χ0) is 18.6. The van der Waals surface area contributed by atoms with Crippen LogP contribution in [0.3, 0.4) is 0 Å². The quantitative estimate of drug-likeness (QED) is 0.468. The van der Waals surface area contributed by atoms with Crippen LogP contribution in [0.5, 0.6) is 0 Å². The SMILES string of the molecule is CCOC(=O)c1c(C)[nH]c(/C=N/NC(=O)c2cc(Cl)ccc2Cl)c1C. The van der Waals surface area contributed by atoms with Crippen molar-refractivity contribution in [2.24, 2.45) is 5.10 Å². The Kier molecular flexibility index (Phi) is 6.22. The van der Waals surface area contributed by atoms with Crippen LogP contribution in [0.1, 0.15) is 44.6 Å². The van der Waals surface area contributed by atoms with Crippen LogP contribution < -0.4 is 5.43 Å². The van der Waals surface area contributed by atoms with Gasteiger partial charge in [-0.15, -0.1) is 0 Å². The molecule has 2 aromatic rings. The van der Waals surface area contributed by atoms with Gasteiger partial charge in [0.2, 0.25) is 0 Å². The van der Waals surface area contributed by atoms with Gasteiger partial charge in [-0.05, 0) is 44.5 Å². The Balaban J connectivity index is 2.15. The van der Waals surface area contributed by atoms with Gasteiger partial charge in [-0.1, -0.05) is 23.2 Å². The van der Waals surface area contributed by atoms with Crippen LogP contribution in [-0.4, -0.2) is 29.7 Å². The van der Waals surface area contributed by atoms with Gasteiger partial charge in [0.25, 0.3) is 5.91 Å². The van der Waals surface area contributed by atoms with Crippen molar-refractivity contribution in [3.63, 3.8) is 0 Å². The summed E-state index contributed by atoms with van der Waals surface area (Å²) < 4.78 is 5.03. The first-order valence-electron chi connectivity index (χ1n) is 7.49. The Morgan fingerprint density at radius 2 is 2.04 bits per heavy atom. The number of aromatic nitrogens is 1. The second-order valence-corrected chi connectivity index (χ2v) is 6.05. The van der Waals surface area contributed by atoms with Crippen LogP contribution in [0.15, 0.2) is 23.3 Å². The second-order valence-electron chi connectivity index (χ2n) is 5.21. The van der Waals surface area contributed by atoms with E-state index in [0.717, 1.165) is 0 Å². The third-order valence-electron chi connectivity index (χ3n) is 3.49. The van der Waals surface area contributed by atoms with Crippen molar-refractivity contribution < 1.29 is 14.3 Å². The van der Waals surface area contributed by atoms with Gasteiger partial charge in [-0.25, -0.2) is 10.2 Å². The summed E-state index contributed by atoms with van der Waals surface area (Å²) >= 11 is 11.8. The number of nitrogens with zero attached hydrogens (tertiary/aromatic N) is 1. The molecule has 0 radical (unpaired) electrons. The van der Waals surface area contributed by atoms with Gasteiger partial charge in [0.15, 0.2) is 0 Å². The molecule has 1 heterocycles. The van der Waals surface area contributed by atoms with Crippen molar-refractivity contribution in [3.05, 3.63) is 56.3 Å². The molecule has 8 heteroatoms. The number of aromatic amines is 1. The number of amides is 1. The second kappa shape index (κ2) is 8.18. The van der Waals surface area contributed by atoms with E-state index >= 15 is 0 Å². The number of hydrogen-bond acceptors (Lipinski definition) is 4. The normalized spacial score (nSPS) is 10.9. The number of carbonyl (C=O) groups is 2. The summed E-state index contributed by atoms with van der Waals surface area (Å²) in [4.78, 5) is 27.1. The summed E-state index contributed by atoms with van der Waals surface area (Å²) in [6.07, 6.45) is 1.42. The minimum atomic E-state index is -0.490. The maximum absolute atomic E-state index is 12.1. The highest BCUT2D eigenvalue weighted by Crippen LogP contribution is 2.20. The van der Waals surface area contributed by atoms with E-state index in [-0.39, 0.29) is 10.6 Å². The van der Waals surface area contributed by atoms with Crippen molar-refractivity contribution in [3.8, 4) is 0 Å². The molecule has 0 spiro atoms. The van der Waals surface area contributed by atoms with E-state index in [9.17, 15) is 9.59 Å². The van der Waals surface area contributed by atoms with Crippen molar-refractivity contribution >= 4 is 41.3 Å². The number of ether oxygens (including phenoxy) is 1. The standard InChI is InChI=1S/C17H17Cl2N3O3/c1-4-25-17(24)15-9(2)14(21-10(15)3)8-20-22-16(23)12-7-11(18)5-6-13(12)19/h5-8,21H,4H2,1-3H3,(H,22,23)/b20-8+. The van der Waals surface area contributed by atoms with Crippen molar-refractivity contribution in [2.45, 2.75) is 20.8 Å². The third-order valence-corrected chi connectivity index (χ3v) is 4.05. The lowest BCUT2D eigenvalue weighted by atomic mass is 10.1. The lowest BCUT2D eigenvalue weighted by molar-refractivity contribution is 0.0525. The van der Waals surface area contributed by atoms with E-state index in [1.54, 1.807) is 26.8 Å². The number of benzene rings is 1. The predicted octanol–water partition coefficient (Wildman–Crippen LogP) is 3.88. The number of hydrazone groups is 1. The fourth-order valence-corrected chi connectivity index (χ4v) is 2.68. The molecule has 2 rings (SSSR count). The van der Waals surface area contributed by atoms with Gasteiger partial charge in [-0.2, -0.15) is 5.10 Å². The first kappa shape index (κ1) is 19.0. The molecule has 0 bridgehead atoms. The average Bonchev–Trinajstić information content (AvgIpc) is 2.84. The van der Waals surface area contributed by atoms with Crippen molar-refractivity contribution in [1.82, 2.24) is 10.4 Å². The monoisotopic (exact) mass is 381 g/mol. The van der Waals surface area contributed by atoms with Crippen LogP contribution in [0.25, 0.3) is 0 Å². The van der Waals surface area contributed by atoms with Gasteiger partial charge >= 0.3 is 5.97 Å². The predicted molar refractivity (Wildman–Crippen MR) is 97.7 cm³/mol. The van der Waals surface area contributed by atoms with Gasteiger partial charge in [0, 0.05) is 10.7 Å². The molecular formula is C17H17Cl2N3O3. The fourth-order valence-electron chi connectivity index (χ4n) is 2.30. The van der Waals surface area contributed by atoms with Crippen LogP contribution in [0.2, 0.25) is 10.0 Å². The van der Waals surface area contributed by atoms with Gasteiger partial charge in [0.1, 0.15) is 0 Å². The molecule has 6 nitrogen and oxygen atoms in total. The van der Waals surface area contributed by atoms with E-state index < -0.39 is 11.9 Å². The minimum absolute atomic E-state index is 0.220. The number of H-pyrrole nitrogens is 1. The summed E-state index contributed by atoms with van der Waals surface area (Å²) in [5.41, 5.74) is 5.02. The molecule has 0 aliphatic carbocycles. The zero-order valence-corrected chi connectivity index (χ0v) is 15.5. The molecule has 0 fully saturated rings. The van der Waals surface area contributed by atoms with E-state index in [4.69, 9.17) is 27.9 Å². The van der Waals surface area contributed by atoms with E-state index in [0.29, 0.717) is 34.1 Å². The maximum Gasteiger partial charge on any atom is 0.340 e. The van der Waals surface area contributed by atoms with Gasteiger partial charge in [-0.3, -0.25) is 4.79 Å². The lowest BCUT2D eigenvalue weighted by Crippen LogP contribution is -2.18. The number of aryl methyl sites for hydroxylation is 1. The van der Waals surface area contributed by atoms with Crippen LogP contribution >= 0.6 is 23.2 Å². The van der Waals surface area contributed by atoms with Crippen molar-refractivity contribution in [1.29, 1.82) is 0 Å². The molecule has 2 N–H and O–H groups in total.